The Balaban J connectivity index is 1.26. The Morgan fingerprint density at radius 3 is 2.18 bits per heavy atom. The molecule has 1 saturated carbocycles. The van der Waals surface area contributed by atoms with Crippen LogP contribution in [0.25, 0.3) is 33.6 Å². The Hall–Kier alpha value is -4.18. The fraction of sp³-hybridized carbons (Fsp3) is 0.133. The van der Waals surface area contributed by atoms with E-state index in [4.69, 9.17) is 4.52 Å². The van der Waals surface area contributed by atoms with E-state index in [2.05, 4.69) is 82.2 Å². The van der Waals surface area contributed by atoms with Gasteiger partial charge in [0.25, 0.3) is 0 Å². The molecule has 5 aromatic rings. The zero-order valence-corrected chi connectivity index (χ0v) is 19.0. The Morgan fingerprint density at radius 2 is 1.47 bits per heavy atom. The van der Waals surface area contributed by atoms with Gasteiger partial charge in [-0.3, -0.25) is 4.98 Å². The van der Waals surface area contributed by atoms with Crippen LogP contribution >= 0.6 is 0 Å². The predicted molar refractivity (Wildman–Crippen MR) is 137 cm³/mol. The molecule has 0 unspecified atom stereocenters. The molecule has 4 nitrogen and oxygen atoms in total. The molecule has 0 spiro atoms. The van der Waals surface area contributed by atoms with Gasteiger partial charge in [0.05, 0.1) is 0 Å². The van der Waals surface area contributed by atoms with Gasteiger partial charge in [0.15, 0.2) is 5.76 Å². The van der Waals surface area contributed by atoms with E-state index in [1.807, 2.05) is 31.3 Å². The van der Waals surface area contributed by atoms with E-state index in [1.54, 1.807) is 6.20 Å². The van der Waals surface area contributed by atoms with Crippen LogP contribution in [0.2, 0.25) is 0 Å². The van der Waals surface area contributed by atoms with Crippen molar-refractivity contribution in [1.82, 2.24) is 10.1 Å². The predicted octanol–water partition coefficient (Wildman–Crippen LogP) is 8.00. The van der Waals surface area contributed by atoms with Crippen LogP contribution in [0.15, 0.2) is 102 Å². The SMILES string of the molecule is Cc1noc(-c2ccc(-c3ccc(C4CC4)cc3)cc2)c1Nc1cccc(-c2cccnc2)c1. The van der Waals surface area contributed by atoms with Gasteiger partial charge < -0.3 is 9.84 Å². The lowest BCUT2D eigenvalue weighted by molar-refractivity contribution is 0.427. The summed E-state index contributed by atoms with van der Waals surface area (Å²) < 4.78 is 5.74. The van der Waals surface area contributed by atoms with Crippen LogP contribution < -0.4 is 5.32 Å². The summed E-state index contributed by atoms with van der Waals surface area (Å²) in [5, 5.41) is 7.76. The van der Waals surface area contributed by atoms with Gasteiger partial charge in [0.1, 0.15) is 11.4 Å². The second-order valence-electron chi connectivity index (χ2n) is 8.89. The van der Waals surface area contributed by atoms with Crippen LogP contribution in [-0.2, 0) is 0 Å². The van der Waals surface area contributed by atoms with Crippen LogP contribution in [0, 0.1) is 6.92 Å². The lowest BCUT2D eigenvalue weighted by Crippen LogP contribution is -1.93. The quantitative estimate of drug-likeness (QED) is 0.289. The van der Waals surface area contributed by atoms with Crippen molar-refractivity contribution in [1.29, 1.82) is 0 Å². The molecule has 1 aliphatic rings. The molecule has 166 valence electrons. The minimum atomic E-state index is 0.736. The van der Waals surface area contributed by atoms with Gasteiger partial charge in [-0.05, 0) is 66.1 Å². The lowest BCUT2D eigenvalue weighted by atomic mass is 10.0. The van der Waals surface area contributed by atoms with Crippen molar-refractivity contribution < 1.29 is 4.52 Å². The summed E-state index contributed by atoms with van der Waals surface area (Å²) in [6, 6.07) is 29.8. The zero-order chi connectivity index (χ0) is 22.9. The highest BCUT2D eigenvalue weighted by molar-refractivity contribution is 5.81. The van der Waals surface area contributed by atoms with Crippen molar-refractivity contribution in [2.24, 2.45) is 0 Å². The van der Waals surface area contributed by atoms with E-state index in [0.717, 1.165) is 45.4 Å². The third-order valence-corrected chi connectivity index (χ3v) is 6.43. The van der Waals surface area contributed by atoms with Crippen molar-refractivity contribution >= 4 is 11.4 Å². The van der Waals surface area contributed by atoms with E-state index >= 15 is 0 Å². The van der Waals surface area contributed by atoms with E-state index < -0.39 is 0 Å². The van der Waals surface area contributed by atoms with Gasteiger partial charge >= 0.3 is 0 Å². The Bertz CT molecular complexity index is 1420. The first kappa shape index (κ1) is 20.4. The van der Waals surface area contributed by atoms with E-state index in [1.165, 1.54) is 29.5 Å². The van der Waals surface area contributed by atoms with Gasteiger partial charge in [0, 0.05) is 29.2 Å². The molecule has 1 N–H and O–H groups in total. The summed E-state index contributed by atoms with van der Waals surface area (Å²) in [6.07, 6.45) is 6.31. The number of rotatable bonds is 6. The number of hydrogen-bond donors (Lipinski definition) is 1. The molecule has 6 rings (SSSR count). The summed E-state index contributed by atoms with van der Waals surface area (Å²) in [7, 11) is 0. The molecule has 0 bridgehead atoms. The van der Waals surface area contributed by atoms with Crippen LogP contribution in [0.3, 0.4) is 0 Å². The number of aryl methyl sites for hydroxylation is 1. The van der Waals surface area contributed by atoms with Crippen molar-refractivity contribution in [3.63, 3.8) is 0 Å². The van der Waals surface area contributed by atoms with Gasteiger partial charge in [-0.25, -0.2) is 0 Å². The molecule has 34 heavy (non-hydrogen) atoms. The summed E-state index contributed by atoms with van der Waals surface area (Å²) in [6.45, 7) is 1.95. The van der Waals surface area contributed by atoms with E-state index in [-0.39, 0.29) is 0 Å². The molecule has 0 radical (unpaired) electrons. The second-order valence-corrected chi connectivity index (χ2v) is 8.89. The Morgan fingerprint density at radius 1 is 0.765 bits per heavy atom. The fourth-order valence-corrected chi connectivity index (χ4v) is 4.35. The average Bonchev–Trinajstić information content (AvgIpc) is 3.69. The summed E-state index contributed by atoms with van der Waals surface area (Å²) in [5.74, 6) is 1.52. The standard InChI is InChI=1S/C30H25N3O/c1-20-29(32-28-6-2-4-26(18-28)27-5-3-17-31-19-27)30(34-33-20)25-15-13-24(14-16-25)23-11-9-22(10-12-23)21-7-8-21/h2-6,9-19,21,32H,7-8H2,1H3. The summed E-state index contributed by atoms with van der Waals surface area (Å²) >= 11 is 0. The molecule has 1 aliphatic carbocycles. The maximum Gasteiger partial charge on any atom is 0.190 e. The monoisotopic (exact) mass is 443 g/mol. The fourth-order valence-electron chi connectivity index (χ4n) is 4.35. The molecule has 4 heteroatoms. The van der Waals surface area contributed by atoms with Crippen LogP contribution in [0.4, 0.5) is 11.4 Å². The maximum absolute atomic E-state index is 5.74. The molecular weight excluding hydrogens is 418 g/mol. The highest BCUT2D eigenvalue weighted by Gasteiger charge is 2.23. The number of anilines is 2. The smallest absolute Gasteiger partial charge is 0.190 e. The number of nitrogens with one attached hydrogen (secondary N) is 1. The molecule has 2 heterocycles. The van der Waals surface area contributed by atoms with Gasteiger partial charge in [-0.15, -0.1) is 0 Å². The molecular formula is C30H25N3O. The van der Waals surface area contributed by atoms with Crippen molar-refractivity contribution in [2.75, 3.05) is 5.32 Å². The molecule has 1 fully saturated rings. The van der Waals surface area contributed by atoms with Crippen LogP contribution in [0.1, 0.15) is 30.0 Å². The number of benzene rings is 3. The van der Waals surface area contributed by atoms with Gasteiger partial charge in [-0.1, -0.05) is 71.9 Å². The Labute approximate surface area is 199 Å². The highest BCUT2D eigenvalue weighted by Crippen LogP contribution is 2.40. The Kier molecular flexibility index (Phi) is 5.19. The summed E-state index contributed by atoms with van der Waals surface area (Å²) in [5.41, 5.74) is 9.73. The van der Waals surface area contributed by atoms with Gasteiger partial charge in [-0.2, -0.15) is 0 Å². The van der Waals surface area contributed by atoms with Crippen LogP contribution in [0.5, 0.6) is 0 Å². The molecule has 0 aliphatic heterocycles. The minimum Gasteiger partial charge on any atom is -0.354 e. The first-order valence-electron chi connectivity index (χ1n) is 11.7. The lowest BCUT2D eigenvalue weighted by Gasteiger charge is -2.10. The van der Waals surface area contributed by atoms with Gasteiger partial charge in [0.2, 0.25) is 0 Å². The molecule has 2 aromatic heterocycles. The number of pyridine rings is 1. The van der Waals surface area contributed by atoms with Crippen molar-refractivity contribution in [3.8, 4) is 33.6 Å². The normalized spacial score (nSPS) is 13.1. The first-order valence-corrected chi connectivity index (χ1v) is 11.7. The van der Waals surface area contributed by atoms with Crippen molar-refractivity contribution in [2.45, 2.75) is 25.7 Å². The maximum atomic E-state index is 5.74. The van der Waals surface area contributed by atoms with Crippen molar-refractivity contribution in [3.05, 3.63) is 109 Å². The average molecular weight is 444 g/mol. The number of hydrogen-bond acceptors (Lipinski definition) is 4. The zero-order valence-electron chi connectivity index (χ0n) is 19.0. The second kappa shape index (κ2) is 8.64. The molecule has 0 atom stereocenters. The summed E-state index contributed by atoms with van der Waals surface area (Å²) in [4.78, 5) is 4.23. The topological polar surface area (TPSA) is 51.0 Å². The number of aromatic nitrogens is 2. The third kappa shape index (κ3) is 4.11. The molecule has 0 saturated heterocycles. The van der Waals surface area contributed by atoms with Crippen LogP contribution in [-0.4, -0.2) is 10.1 Å². The first-order chi connectivity index (χ1) is 16.7. The minimum absolute atomic E-state index is 0.736. The molecule has 3 aromatic carbocycles. The highest BCUT2D eigenvalue weighted by atomic mass is 16.5. The largest absolute Gasteiger partial charge is 0.354 e. The third-order valence-electron chi connectivity index (χ3n) is 6.43. The van der Waals surface area contributed by atoms with E-state index in [0.29, 0.717) is 0 Å². The number of nitrogens with zero attached hydrogens (tertiary/aromatic N) is 2. The van der Waals surface area contributed by atoms with E-state index in [9.17, 15) is 0 Å². The molecule has 0 amide bonds.